The van der Waals surface area contributed by atoms with E-state index in [1.807, 2.05) is 72.8 Å². The quantitative estimate of drug-likeness (QED) is 0.0732. The van der Waals surface area contributed by atoms with E-state index in [2.05, 4.69) is 97.1 Å². The highest BCUT2D eigenvalue weighted by molar-refractivity contribution is 7.91. The molecule has 394 valence electrons. The summed E-state index contributed by atoms with van der Waals surface area (Å²) in [7, 11) is -4.15. The van der Waals surface area contributed by atoms with Gasteiger partial charge >= 0.3 is 0 Å². The number of phenolic OH excluding ortho intramolecular Hbond substituents is 2. The number of hydrogen-bond acceptors (Lipinski definition) is 7. The molecule has 0 radical (unpaired) electrons. The number of unbranched alkanes of at least 4 members (excludes halogenated alkanes) is 4. The third-order valence-electron chi connectivity index (χ3n) is 14.3. The standard InChI is InChI=1S/C34H34O4S.C34H34O3S/c35-29-19-22-33-28(25-29)13-10-16-32(26-11-4-1-5-12-26)34(33)27-17-20-30(21-18-27)38-23-8-3-9-24-39(36,37)31-14-6-2-7-15-31;35-29-19-22-33-28(25-29)13-10-16-32(26-11-4-1-5-12-26)34(33)27-17-20-30(21-18-27)37-23-8-3-9-24-38(36)31-14-6-2-7-15-31/h1-2,4-7,11-12,14-15,17-22,25,35H,3,8-10,13,16,23-24H2;1-2,4-7,11-12,14-15,17-22,25,35H,3,8-10,13,16,23-24H2. The molecule has 0 saturated carbocycles. The SMILES string of the molecule is O=S(=O)(CCCCCOc1ccc(C2=C(c3ccccc3)CCCc3cc(O)ccc32)cc1)c1ccccc1.O=S(CCCCCOc1ccc(C2=C(c3ccccc3)CCCc3cc(O)ccc32)cc1)c1ccccc1. The zero-order chi connectivity index (χ0) is 53.2. The van der Waals surface area contributed by atoms with E-state index in [0.717, 1.165) is 98.2 Å². The van der Waals surface area contributed by atoms with Gasteiger partial charge in [-0.15, -0.1) is 0 Å². The van der Waals surface area contributed by atoms with Crippen LogP contribution in [0.3, 0.4) is 0 Å². The summed E-state index contributed by atoms with van der Waals surface area (Å²) < 4.78 is 49.2. The van der Waals surface area contributed by atoms with Gasteiger partial charge in [-0.2, -0.15) is 0 Å². The second kappa shape index (κ2) is 27.0. The Kier molecular flexibility index (Phi) is 19.1. The number of aryl methyl sites for hydroxylation is 2. The number of fused-ring (bicyclic) bond motifs is 2. The Balaban J connectivity index is 0.000000188. The summed E-state index contributed by atoms with van der Waals surface area (Å²) in [6.45, 7) is 1.20. The van der Waals surface area contributed by atoms with Crippen LogP contribution in [0, 0.1) is 0 Å². The van der Waals surface area contributed by atoms with Crippen molar-refractivity contribution in [2.45, 2.75) is 86.8 Å². The predicted octanol–water partition coefficient (Wildman–Crippen LogP) is 15.8. The van der Waals surface area contributed by atoms with Crippen LogP contribution in [-0.4, -0.2) is 47.6 Å². The van der Waals surface area contributed by atoms with Crippen molar-refractivity contribution in [3.8, 4) is 23.0 Å². The first-order valence-electron chi connectivity index (χ1n) is 27.1. The number of allylic oxidation sites excluding steroid dienone is 2. The molecule has 10 rings (SSSR count). The highest BCUT2D eigenvalue weighted by Gasteiger charge is 2.23. The van der Waals surface area contributed by atoms with Gasteiger partial charge in [-0.05, 0) is 217 Å². The van der Waals surface area contributed by atoms with Gasteiger partial charge in [-0.25, -0.2) is 8.42 Å². The normalized spacial score (nSPS) is 13.8. The predicted molar refractivity (Wildman–Crippen MR) is 315 cm³/mol. The lowest BCUT2D eigenvalue weighted by Gasteiger charge is -2.17. The zero-order valence-corrected chi connectivity index (χ0v) is 45.3. The molecule has 2 aliphatic carbocycles. The average molecular weight is 1060 g/mol. The molecule has 8 aromatic rings. The number of benzene rings is 8. The van der Waals surface area contributed by atoms with Crippen LogP contribution in [-0.2, 0) is 33.5 Å². The molecule has 0 aliphatic heterocycles. The Morgan fingerprint density at radius 3 is 1.32 bits per heavy atom. The monoisotopic (exact) mass is 1060 g/mol. The molecule has 0 spiro atoms. The molecule has 1 atom stereocenters. The fraction of sp³-hybridized carbons (Fsp3) is 0.235. The molecule has 1 unspecified atom stereocenters. The molecule has 0 bridgehead atoms. The Morgan fingerprint density at radius 2 is 0.857 bits per heavy atom. The van der Waals surface area contributed by atoms with Crippen LogP contribution >= 0.6 is 0 Å². The van der Waals surface area contributed by atoms with Crippen LogP contribution in [0.1, 0.15) is 109 Å². The molecule has 0 fully saturated rings. The Bertz CT molecular complexity index is 3370. The maximum atomic E-state index is 12.4. The van der Waals surface area contributed by atoms with Crippen molar-refractivity contribution in [3.63, 3.8) is 0 Å². The molecule has 7 nitrogen and oxygen atoms in total. The number of sulfone groups is 1. The number of rotatable bonds is 20. The summed E-state index contributed by atoms with van der Waals surface area (Å²) in [6, 6.07) is 67.6. The van der Waals surface area contributed by atoms with E-state index in [0.29, 0.717) is 41.8 Å². The van der Waals surface area contributed by atoms with Gasteiger partial charge < -0.3 is 19.7 Å². The van der Waals surface area contributed by atoms with Crippen LogP contribution in [0.2, 0.25) is 0 Å². The minimum Gasteiger partial charge on any atom is -0.508 e. The van der Waals surface area contributed by atoms with Crippen LogP contribution < -0.4 is 9.47 Å². The molecule has 8 aromatic carbocycles. The largest absolute Gasteiger partial charge is 0.508 e. The van der Waals surface area contributed by atoms with Gasteiger partial charge in [0.2, 0.25) is 0 Å². The lowest BCUT2D eigenvalue weighted by Crippen LogP contribution is -2.07. The maximum Gasteiger partial charge on any atom is 0.178 e. The van der Waals surface area contributed by atoms with Gasteiger partial charge in [-0.3, -0.25) is 4.21 Å². The van der Waals surface area contributed by atoms with Gasteiger partial charge in [0.05, 0.1) is 34.7 Å². The number of aromatic hydroxyl groups is 2. The van der Waals surface area contributed by atoms with E-state index >= 15 is 0 Å². The molecule has 77 heavy (non-hydrogen) atoms. The molecule has 0 saturated heterocycles. The van der Waals surface area contributed by atoms with E-state index < -0.39 is 20.6 Å². The summed E-state index contributed by atoms with van der Waals surface area (Å²) in [6.07, 6.45) is 11.0. The smallest absolute Gasteiger partial charge is 0.178 e. The van der Waals surface area contributed by atoms with Crippen molar-refractivity contribution in [1.29, 1.82) is 0 Å². The summed E-state index contributed by atoms with van der Waals surface area (Å²) in [4.78, 5) is 1.29. The van der Waals surface area contributed by atoms with Gasteiger partial charge in [0.15, 0.2) is 9.84 Å². The first-order valence-corrected chi connectivity index (χ1v) is 30.1. The van der Waals surface area contributed by atoms with E-state index in [4.69, 9.17) is 9.47 Å². The zero-order valence-electron chi connectivity index (χ0n) is 43.7. The molecular formula is C68H68O7S2. The molecule has 0 aromatic heterocycles. The lowest BCUT2D eigenvalue weighted by atomic mass is 9.88. The summed E-state index contributed by atoms with van der Waals surface area (Å²) in [5, 5.41) is 20.2. The molecule has 2 aliphatic rings. The highest BCUT2D eigenvalue weighted by atomic mass is 32.2. The minimum atomic E-state index is -3.23. The molecule has 0 heterocycles. The fourth-order valence-corrected chi connectivity index (χ4v) is 13.0. The minimum absolute atomic E-state index is 0.157. The number of phenols is 2. The second-order valence-corrected chi connectivity index (χ2v) is 23.4. The molecule has 0 amide bonds. The molecule has 2 N–H and O–H groups in total. The summed E-state index contributed by atoms with van der Waals surface area (Å²) in [5.41, 5.74) is 14.6. The van der Waals surface area contributed by atoms with Crippen LogP contribution in [0.25, 0.3) is 22.3 Å². The lowest BCUT2D eigenvalue weighted by molar-refractivity contribution is 0.306. The van der Waals surface area contributed by atoms with Gasteiger partial charge in [0, 0.05) is 10.6 Å². The van der Waals surface area contributed by atoms with E-state index in [-0.39, 0.29) is 5.75 Å². The van der Waals surface area contributed by atoms with E-state index in [1.165, 1.54) is 55.7 Å². The van der Waals surface area contributed by atoms with Gasteiger partial charge in [-0.1, -0.05) is 133 Å². The highest BCUT2D eigenvalue weighted by Crippen LogP contribution is 2.43. The number of hydrogen-bond donors (Lipinski definition) is 2. The van der Waals surface area contributed by atoms with Crippen molar-refractivity contribution in [3.05, 3.63) is 251 Å². The van der Waals surface area contributed by atoms with Crippen molar-refractivity contribution in [2.75, 3.05) is 24.7 Å². The maximum absolute atomic E-state index is 12.4. The van der Waals surface area contributed by atoms with Crippen LogP contribution in [0.4, 0.5) is 0 Å². The van der Waals surface area contributed by atoms with Crippen molar-refractivity contribution < 1.29 is 32.3 Å². The topological polar surface area (TPSA) is 110 Å². The molecular weight excluding hydrogens is 993 g/mol. The summed E-state index contributed by atoms with van der Waals surface area (Å²) >= 11 is 0. The van der Waals surface area contributed by atoms with E-state index in [9.17, 15) is 22.8 Å². The third-order valence-corrected chi connectivity index (χ3v) is 17.5. The van der Waals surface area contributed by atoms with Gasteiger partial charge in [0.1, 0.15) is 23.0 Å². The fourth-order valence-electron chi connectivity index (χ4n) is 10.4. The van der Waals surface area contributed by atoms with Crippen molar-refractivity contribution in [1.82, 2.24) is 0 Å². The summed E-state index contributed by atoms with van der Waals surface area (Å²) in [5.74, 6) is 3.14. The van der Waals surface area contributed by atoms with E-state index in [1.54, 1.807) is 36.4 Å². The first-order chi connectivity index (χ1) is 37.7. The Labute approximate surface area is 458 Å². The van der Waals surface area contributed by atoms with Crippen molar-refractivity contribution >= 4 is 42.9 Å². The van der Waals surface area contributed by atoms with Crippen LogP contribution in [0.5, 0.6) is 23.0 Å². The van der Waals surface area contributed by atoms with Crippen molar-refractivity contribution in [2.24, 2.45) is 0 Å². The first kappa shape index (κ1) is 54.3. The van der Waals surface area contributed by atoms with Crippen LogP contribution in [0.15, 0.2) is 216 Å². The number of ether oxygens (including phenoxy) is 2. The van der Waals surface area contributed by atoms with Gasteiger partial charge in [0.25, 0.3) is 0 Å². The average Bonchev–Trinajstić information content (AvgIpc) is 3.78. The molecule has 9 heteroatoms. The Morgan fingerprint density at radius 1 is 0.429 bits per heavy atom. The third kappa shape index (κ3) is 14.7. The second-order valence-electron chi connectivity index (χ2n) is 19.7. The Hall–Kier alpha value is -7.46.